The largest absolute Gasteiger partial charge is 0.477 e. The van der Waals surface area contributed by atoms with Gasteiger partial charge in [0.2, 0.25) is 0 Å². The van der Waals surface area contributed by atoms with Gasteiger partial charge in [-0.25, -0.2) is 9.48 Å². The molecule has 0 aliphatic rings. The predicted octanol–water partition coefficient (Wildman–Crippen LogP) is 2.63. The molecule has 98 valence electrons. The van der Waals surface area contributed by atoms with Gasteiger partial charge in [-0.3, -0.25) is 4.98 Å². The summed E-state index contributed by atoms with van der Waals surface area (Å²) in [6, 6.07) is 14.4. The molecule has 0 atom stereocenters. The van der Waals surface area contributed by atoms with Crippen LogP contribution in [0.4, 0.5) is 0 Å². The summed E-state index contributed by atoms with van der Waals surface area (Å²) >= 11 is 0. The molecule has 3 rings (SSSR count). The normalized spacial score (nSPS) is 10.4. The third kappa shape index (κ3) is 2.16. The minimum Gasteiger partial charge on any atom is -0.477 e. The van der Waals surface area contributed by atoms with Crippen molar-refractivity contribution < 1.29 is 9.90 Å². The number of carboxylic acids is 1. The quantitative estimate of drug-likeness (QED) is 0.790. The van der Waals surface area contributed by atoms with Crippen LogP contribution in [0.15, 0.2) is 60.9 Å². The lowest BCUT2D eigenvalue weighted by Crippen LogP contribution is -2.07. The van der Waals surface area contributed by atoms with Crippen molar-refractivity contribution in [3.63, 3.8) is 0 Å². The number of carboxylic acid groups (broad SMARTS) is 1. The number of aromatic nitrogens is 3. The first kappa shape index (κ1) is 12.1. The second-order valence-electron chi connectivity index (χ2n) is 4.21. The van der Waals surface area contributed by atoms with Crippen molar-refractivity contribution in [3.8, 4) is 16.9 Å². The van der Waals surface area contributed by atoms with Crippen molar-refractivity contribution in [2.75, 3.05) is 0 Å². The molecular weight excluding hydrogens is 254 g/mol. The maximum Gasteiger partial charge on any atom is 0.354 e. The van der Waals surface area contributed by atoms with E-state index >= 15 is 0 Å². The SMILES string of the molecule is O=C(O)c1cc(-c2cccnc2)nn1-c1ccccc1. The Kier molecular flexibility index (Phi) is 3.01. The van der Waals surface area contributed by atoms with E-state index in [0.29, 0.717) is 11.4 Å². The fourth-order valence-corrected chi connectivity index (χ4v) is 1.95. The highest BCUT2D eigenvalue weighted by atomic mass is 16.4. The van der Waals surface area contributed by atoms with Gasteiger partial charge < -0.3 is 5.11 Å². The van der Waals surface area contributed by atoms with Gasteiger partial charge in [-0.2, -0.15) is 5.10 Å². The summed E-state index contributed by atoms with van der Waals surface area (Å²) in [7, 11) is 0. The Balaban J connectivity index is 2.15. The molecule has 0 radical (unpaired) electrons. The molecule has 0 bridgehead atoms. The number of nitrogens with zero attached hydrogens (tertiary/aromatic N) is 3. The van der Waals surface area contributed by atoms with E-state index in [1.54, 1.807) is 24.5 Å². The second-order valence-corrected chi connectivity index (χ2v) is 4.21. The number of carbonyl (C=O) groups is 1. The highest BCUT2D eigenvalue weighted by Gasteiger charge is 2.16. The summed E-state index contributed by atoms with van der Waals surface area (Å²) in [6.45, 7) is 0. The summed E-state index contributed by atoms with van der Waals surface area (Å²) in [4.78, 5) is 15.4. The Bertz CT molecular complexity index is 736. The molecule has 1 aromatic carbocycles. The molecule has 5 heteroatoms. The summed E-state index contributed by atoms with van der Waals surface area (Å²) < 4.78 is 1.42. The zero-order valence-corrected chi connectivity index (χ0v) is 10.5. The van der Waals surface area contributed by atoms with E-state index in [9.17, 15) is 9.90 Å². The Morgan fingerprint density at radius 1 is 1.10 bits per heavy atom. The summed E-state index contributed by atoms with van der Waals surface area (Å²) in [5.41, 5.74) is 2.19. The number of para-hydroxylation sites is 1. The van der Waals surface area contributed by atoms with Crippen LogP contribution in [0.1, 0.15) is 10.5 Å². The Morgan fingerprint density at radius 3 is 2.55 bits per heavy atom. The van der Waals surface area contributed by atoms with Gasteiger partial charge in [0.25, 0.3) is 0 Å². The van der Waals surface area contributed by atoms with Crippen LogP contribution in [0, 0.1) is 0 Å². The van der Waals surface area contributed by atoms with Gasteiger partial charge in [0.15, 0.2) is 5.69 Å². The van der Waals surface area contributed by atoms with E-state index in [4.69, 9.17) is 0 Å². The third-order valence-electron chi connectivity index (χ3n) is 2.89. The average Bonchev–Trinajstić information content (AvgIpc) is 2.94. The molecule has 0 spiro atoms. The molecule has 0 aliphatic heterocycles. The van der Waals surface area contributed by atoms with Crippen molar-refractivity contribution in [1.82, 2.24) is 14.8 Å². The highest BCUT2D eigenvalue weighted by molar-refractivity contribution is 5.88. The molecule has 20 heavy (non-hydrogen) atoms. The van der Waals surface area contributed by atoms with Crippen LogP contribution in [-0.2, 0) is 0 Å². The van der Waals surface area contributed by atoms with Crippen LogP contribution < -0.4 is 0 Å². The van der Waals surface area contributed by atoms with Gasteiger partial charge in [-0.15, -0.1) is 0 Å². The number of aromatic carboxylic acids is 1. The fraction of sp³-hybridized carbons (Fsp3) is 0. The smallest absolute Gasteiger partial charge is 0.354 e. The average molecular weight is 265 g/mol. The topological polar surface area (TPSA) is 68.0 Å². The zero-order valence-electron chi connectivity index (χ0n) is 10.5. The highest BCUT2D eigenvalue weighted by Crippen LogP contribution is 2.20. The minimum atomic E-state index is -1.02. The first-order valence-corrected chi connectivity index (χ1v) is 6.05. The number of rotatable bonds is 3. The molecule has 0 aliphatic carbocycles. The van der Waals surface area contributed by atoms with Crippen molar-refractivity contribution >= 4 is 5.97 Å². The molecule has 0 unspecified atom stereocenters. The number of hydrogen-bond acceptors (Lipinski definition) is 3. The van der Waals surface area contributed by atoms with Crippen LogP contribution >= 0.6 is 0 Å². The van der Waals surface area contributed by atoms with Crippen molar-refractivity contribution in [3.05, 3.63) is 66.6 Å². The lowest BCUT2D eigenvalue weighted by Gasteiger charge is -2.03. The van der Waals surface area contributed by atoms with Crippen molar-refractivity contribution in [1.29, 1.82) is 0 Å². The lowest BCUT2D eigenvalue weighted by molar-refractivity contribution is 0.0687. The van der Waals surface area contributed by atoms with Gasteiger partial charge in [-0.1, -0.05) is 18.2 Å². The number of pyridine rings is 1. The van der Waals surface area contributed by atoms with Gasteiger partial charge >= 0.3 is 5.97 Å². The van der Waals surface area contributed by atoms with Crippen LogP contribution in [0.3, 0.4) is 0 Å². The Labute approximate surface area is 115 Å². The van der Waals surface area contributed by atoms with Crippen LogP contribution in [0.5, 0.6) is 0 Å². The lowest BCUT2D eigenvalue weighted by atomic mass is 10.2. The molecule has 5 nitrogen and oxygen atoms in total. The molecule has 0 saturated carbocycles. The Hall–Kier alpha value is -2.95. The molecule has 2 aromatic heterocycles. The van der Waals surface area contributed by atoms with Crippen molar-refractivity contribution in [2.45, 2.75) is 0 Å². The minimum absolute atomic E-state index is 0.120. The van der Waals surface area contributed by atoms with Crippen LogP contribution in [-0.4, -0.2) is 25.8 Å². The van der Waals surface area contributed by atoms with E-state index in [2.05, 4.69) is 10.1 Å². The van der Waals surface area contributed by atoms with Gasteiger partial charge in [0, 0.05) is 18.0 Å². The second kappa shape index (κ2) is 4.97. The van der Waals surface area contributed by atoms with E-state index in [1.807, 2.05) is 36.4 Å². The van der Waals surface area contributed by atoms with Gasteiger partial charge in [0.1, 0.15) is 0 Å². The molecule has 0 saturated heterocycles. The van der Waals surface area contributed by atoms with E-state index in [0.717, 1.165) is 5.56 Å². The standard InChI is InChI=1S/C15H11N3O2/c19-15(20)14-9-13(11-5-4-8-16-10-11)17-18(14)12-6-2-1-3-7-12/h1-10H,(H,19,20). The van der Waals surface area contributed by atoms with E-state index in [-0.39, 0.29) is 5.69 Å². The first-order chi connectivity index (χ1) is 9.75. The van der Waals surface area contributed by atoms with E-state index < -0.39 is 5.97 Å². The van der Waals surface area contributed by atoms with E-state index in [1.165, 1.54) is 4.68 Å². The third-order valence-corrected chi connectivity index (χ3v) is 2.89. The predicted molar refractivity (Wildman–Crippen MR) is 73.8 cm³/mol. The molecule has 2 heterocycles. The van der Waals surface area contributed by atoms with Gasteiger partial charge in [0.05, 0.1) is 11.4 Å². The molecule has 0 fully saturated rings. The fourth-order valence-electron chi connectivity index (χ4n) is 1.95. The summed E-state index contributed by atoms with van der Waals surface area (Å²) in [5, 5.41) is 13.7. The molecule has 0 amide bonds. The Morgan fingerprint density at radius 2 is 1.90 bits per heavy atom. The van der Waals surface area contributed by atoms with Crippen molar-refractivity contribution in [2.24, 2.45) is 0 Å². The number of benzene rings is 1. The number of hydrogen-bond donors (Lipinski definition) is 1. The van der Waals surface area contributed by atoms with Crippen LogP contribution in [0.25, 0.3) is 16.9 Å². The maximum absolute atomic E-state index is 11.4. The first-order valence-electron chi connectivity index (χ1n) is 6.05. The maximum atomic E-state index is 11.4. The zero-order chi connectivity index (χ0) is 13.9. The van der Waals surface area contributed by atoms with Gasteiger partial charge in [-0.05, 0) is 30.3 Å². The molecular formula is C15H11N3O2. The summed E-state index contributed by atoms with van der Waals surface area (Å²) in [5.74, 6) is -1.02. The molecule has 3 aromatic rings. The van der Waals surface area contributed by atoms with Crippen LogP contribution in [0.2, 0.25) is 0 Å². The molecule has 1 N–H and O–H groups in total. The monoisotopic (exact) mass is 265 g/mol. The summed E-state index contributed by atoms with van der Waals surface area (Å²) in [6.07, 6.45) is 3.32.